The Bertz CT molecular complexity index is 534. The van der Waals surface area contributed by atoms with Crippen molar-refractivity contribution in [1.82, 2.24) is 0 Å². The topological polar surface area (TPSA) is 26.3 Å². The van der Waals surface area contributed by atoms with Gasteiger partial charge < -0.3 is 4.74 Å². The first-order chi connectivity index (χ1) is 7.70. The van der Waals surface area contributed by atoms with Crippen LogP contribution in [-0.4, -0.2) is 13.1 Å². The molecule has 0 aliphatic heterocycles. The van der Waals surface area contributed by atoms with Crippen LogP contribution < -0.4 is 0 Å². The minimum absolute atomic E-state index is 0.0346. The summed E-state index contributed by atoms with van der Waals surface area (Å²) in [6.07, 6.45) is -0.0346. The van der Waals surface area contributed by atoms with Crippen LogP contribution in [0.1, 0.15) is 5.56 Å². The maximum Gasteiger partial charge on any atom is 0.310 e. The lowest BCUT2D eigenvalue weighted by molar-refractivity contribution is -0.139. The van der Waals surface area contributed by atoms with Crippen molar-refractivity contribution >= 4 is 16.7 Å². The quantitative estimate of drug-likeness (QED) is 0.724. The molecule has 0 unspecified atom stereocenters. The number of esters is 1. The van der Waals surface area contributed by atoms with E-state index in [-0.39, 0.29) is 12.2 Å². The number of carbonyl (C=O) groups is 1. The highest BCUT2D eigenvalue weighted by molar-refractivity contribution is 5.84. The highest BCUT2D eigenvalue weighted by Crippen LogP contribution is 2.19. The second-order valence-corrected chi connectivity index (χ2v) is 3.54. The van der Waals surface area contributed by atoms with E-state index in [2.05, 4.69) is 4.74 Å². The Labute approximate surface area is 92.6 Å². The molecule has 0 aliphatic rings. The molecule has 0 bridgehead atoms. The van der Waals surface area contributed by atoms with E-state index in [1.54, 1.807) is 6.07 Å². The molecule has 16 heavy (non-hydrogen) atoms. The first-order valence-corrected chi connectivity index (χ1v) is 4.94. The van der Waals surface area contributed by atoms with Crippen molar-refractivity contribution in [3.8, 4) is 0 Å². The number of halogens is 1. The Hall–Kier alpha value is -1.90. The molecule has 0 radical (unpaired) electrons. The highest BCUT2D eigenvalue weighted by atomic mass is 19.1. The van der Waals surface area contributed by atoms with Crippen LogP contribution in [0.4, 0.5) is 4.39 Å². The van der Waals surface area contributed by atoms with Crippen molar-refractivity contribution in [3.63, 3.8) is 0 Å². The van der Waals surface area contributed by atoms with E-state index in [1.807, 2.05) is 24.3 Å². The Morgan fingerprint density at radius 3 is 2.50 bits per heavy atom. The molecular weight excluding hydrogens is 207 g/mol. The van der Waals surface area contributed by atoms with Crippen LogP contribution in [0.15, 0.2) is 36.4 Å². The van der Waals surface area contributed by atoms with Crippen molar-refractivity contribution in [2.24, 2.45) is 0 Å². The summed E-state index contributed by atoms with van der Waals surface area (Å²) in [5, 5.41) is 1.75. The summed E-state index contributed by atoms with van der Waals surface area (Å²) in [5.41, 5.74) is 0.366. The van der Waals surface area contributed by atoms with Crippen molar-refractivity contribution in [2.75, 3.05) is 7.11 Å². The van der Waals surface area contributed by atoms with Crippen LogP contribution in [0.25, 0.3) is 10.8 Å². The molecule has 0 atom stereocenters. The summed E-state index contributed by atoms with van der Waals surface area (Å²) in [6.45, 7) is 0. The fourth-order valence-corrected chi connectivity index (χ4v) is 1.62. The summed E-state index contributed by atoms with van der Waals surface area (Å²) in [5.74, 6) is -0.807. The first-order valence-electron chi connectivity index (χ1n) is 4.94. The predicted octanol–water partition coefficient (Wildman–Crippen LogP) is 2.69. The van der Waals surface area contributed by atoms with Gasteiger partial charge in [-0.25, -0.2) is 4.39 Å². The number of benzene rings is 2. The molecule has 3 heteroatoms. The molecule has 0 N–H and O–H groups in total. The number of ether oxygens (including phenoxy) is 1. The van der Waals surface area contributed by atoms with Gasteiger partial charge in [-0.15, -0.1) is 0 Å². The van der Waals surface area contributed by atoms with Gasteiger partial charge in [-0.3, -0.25) is 4.79 Å². The van der Waals surface area contributed by atoms with Gasteiger partial charge in [0.1, 0.15) is 5.82 Å². The Balaban J connectivity index is 2.46. The molecule has 2 nitrogen and oxygen atoms in total. The van der Waals surface area contributed by atoms with Crippen LogP contribution in [0, 0.1) is 5.82 Å². The third kappa shape index (κ3) is 2.03. The molecule has 0 saturated carbocycles. The molecule has 0 saturated heterocycles. The third-order valence-corrected chi connectivity index (χ3v) is 2.48. The van der Waals surface area contributed by atoms with E-state index in [0.717, 1.165) is 10.8 Å². The van der Waals surface area contributed by atoms with Crippen LogP contribution in [0.2, 0.25) is 0 Å². The van der Waals surface area contributed by atoms with Gasteiger partial charge >= 0.3 is 5.97 Å². The number of carbonyl (C=O) groups excluding carboxylic acids is 1. The van der Waals surface area contributed by atoms with E-state index in [9.17, 15) is 9.18 Å². The zero-order valence-electron chi connectivity index (χ0n) is 8.87. The Morgan fingerprint density at radius 1 is 1.25 bits per heavy atom. The normalized spacial score (nSPS) is 10.4. The summed E-state index contributed by atoms with van der Waals surface area (Å²) in [4.78, 5) is 11.1. The molecule has 2 aromatic carbocycles. The molecule has 0 aliphatic carbocycles. The fourth-order valence-electron chi connectivity index (χ4n) is 1.62. The summed E-state index contributed by atoms with van der Waals surface area (Å²) < 4.78 is 18.1. The average Bonchev–Trinajstić information content (AvgIpc) is 2.30. The lowest BCUT2D eigenvalue weighted by Crippen LogP contribution is -2.06. The highest BCUT2D eigenvalue weighted by Gasteiger charge is 2.09. The number of hydrogen-bond acceptors (Lipinski definition) is 2. The van der Waals surface area contributed by atoms with Crippen molar-refractivity contribution in [1.29, 1.82) is 0 Å². The van der Waals surface area contributed by atoms with Gasteiger partial charge in [0.05, 0.1) is 13.5 Å². The monoisotopic (exact) mass is 218 g/mol. The largest absolute Gasteiger partial charge is 0.469 e. The average molecular weight is 218 g/mol. The van der Waals surface area contributed by atoms with Gasteiger partial charge in [0.2, 0.25) is 0 Å². The van der Waals surface area contributed by atoms with Crippen LogP contribution in [0.3, 0.4) is 0 Å². The number of fused-ring (bicyclic) bond motifs is 1. The molecule has 2 aromatic rings. The predicted molar refractivity (Wildman–Crippen MR) is 59.6 cm³/mol. The molecular formula is C13H11FO2. The Morgan fingerprint density at radius 2 is 1.88 bits per heavy atom. The lowest BCUT2D eigenvalue weighted by atomic mass is 10.0. The molecule has 82 valence electrons. The second kappa shape index (κ2) is 4.31. The van der Waals surface area contributed by atoms with E-state index in [4.69, 9.17) is 0 Å². The lowest BCUT2D eigenvalue weighted by Gasteiger charge is -2.04. The summed E-state index contributed by atoms with van der Waals surface area (Å²) in [7, 11) is 1.29. The SMILES string of the molecule is COC(=O)Cc1cc2ccccc2cc1F. The smallest absolute Gasteiger partial charge is 0.310 e. The molecule has 0 spiro atoms. The first kappa shape index (κ1) is 10.6. The van der Waals surface area contributed by atoms with E-state index in [1.165, 1.54) is 13.2 Å². The van der Waals surface area contributed by atoms with Gasteiger partial charge in [-0.2, -0.15) is 0 Å². The summed E-state index contributed by atoms with van der Waals surface area (Å²) in [6, 6.07) is 10.6. The molecule has 2 rings (SSSR count). The van der Waals surface area contributed by atoms with Crippen LogP contribution >= 0.6 is 0 Å². The van der Waals surface area contributed by atoms with Gasteiger partial charge in [-0.1, -0.05) is 24.3 Å². The number of hydrogen-bond donors (Lipinski definition) is 0. The van der Waals surface area contributed by atoms with E-state index < -0.39 is 5.97 Å². The molecule has 0 amide bonds. The number of methoxy groups -OCH3 is 1. The Kier molecular flexibility index (Phi) is 2.86. The maximum absolute atomic E-state index is 13.6. The van der Waals surface area contributed by atoms with Gasteiger partial charge in [0, 0.05) is 0 Å². The molecule has 0 fully saturated rings. The molecule has 0 heterocycles. The van der Waals surface area contributed by atoms with Crippen molar-refractivity contribution < 1.29 is 13.9 Å². The van der Waals surface area contributed by atoms with Gasteiger partial charge in [0.25, 0.3) is 0 Å². The minimum Gasteiger partial charge on any atom is -0.469 e. The van der Waals surface area contributed by atoms with E-state index in [0.29, 0.717) is 5.56 Å². The second-order valence-electron chi connectivity index (χ2n) is 3.54. The van der Waals surface area contributed by atoms with Crippen LogP contribution in [0.5, 0.6) is 0 Å². The molecule has 0 aromatic heterocycles. The minimum atomic E-state index is -0.436. The number of rotatable bonds is 2. The van der Waals surface area contributed by atoms with Crippen LogP contribution in [-0.2, 0) is 16.0 Å². The van der Waals surface area contributed by atoms with Gasteiger partial charge in [0.15, 0.2) is 0 Å². The third-order valence-electron chi connectivity index (χ3n) is 2.48. The summed E-state index contributed by atoms with van der Waals surface area (Å²) >= 11 is 0. The fraction of sp³-hybridized carbons (Fsp3) is 0.154. The van der Waals surface area contributed by atoms with Crippen molar-refractivity contribution in [2.45, 2.75) is 6.42 Å². The zero-order chi connectivity index (χ0) is 11.5. The standard InChI is InChI=1S/C13H11FO2/c1-16-13(15)8-11-6-9-4-2-3-5-10(9)7-12(11)14/h2-7H,8H2,1H3. The van der Waals surface area contributed by atoms with Crippen molar-refractivity contribution in [3.05, 3.63) is 47.8 Å². The van der Waals surface area contributed by atoms with E-state index >= 15 is 0 Å². The van der Waals surface area contributed by atoms with Gasteiger partial charge in [-0.05, 0) is 28.5 Å². The zero-order valence-corrected chi connectivity index (χ0v) is 8.87. The maximum atomic E-state index is 13.6.